The molecule has 1 heterocycles. The highest BCUT2D eigenvalue weighted by molar-refractivity contribution is 5.98. The van der Waals surface area contributed by atoms with Gasteiger partial charge in [-0.05, 0) is 5.56 Å². The van der Waals surface area contributed by atoms with E-state index in [0.717, 1.165) is 5.56 Å². The molecule has 5 nitrogen and oxygen atoms in total. The Bertz CT molecular complexity index is 758. The van der Waals surface area contributed by atoms with Crippen LogP contribution in [0.3, 0.4) is 0 Å². The second-order valence-corrected chi connectivity index (χ2v) is 6.06. The quantitative estimate of drug-likeness (QED) is 0.600. The van der Waals surface area contributed by atoms with Gasteiger partial charge in [-0.15, -0.1) is 0 Å². The number of likely N-dealkylation sites (tertiary alicyclic amines) is 1. The summed E-state index contributed by atoms with van der Waals surface area (Å²) >= 11 is 0. The Kier molecular flexibility index (Phi) is 5.23. The molecule has 1 aliphatic rings. The Balaban J connectivity index is 1.51. The van der Waals surface area contributed by atoms with Crippen LogP contribution in [0.1, 0.15) is 22.3 Å². The lowest BCUT2D eigenvalue weighted by Gasteiger charge is -2.16. The molecule has 0 unspecified atom stereocenters. The molecule has 1 aliphatic heterocycles. The first-order valence-corrected chi connectivity index (χ1v) is 8.20. The molecule has 1 saturated heterocycles. The van der Waals surface area contributed by atoms with Gasteiger partial charge >= 0.3 is 5.97 Å². The van der Waals surface area contributed by atoms with E-state index in [0.29, 0.717) is 18.7 Å². The maximum absolute atomic E-state index is 12.2. The highest BCUT2D eigenvalue weighted by Crippen LogP contribution is 2.21. The third-order valence-electron chi connectivity index (χ3n) is 4.21. The molecule has 1 amide bonds. The Morgan fingerprint density at radius 2 is 1.64 bits per heavy atom. The van der Waals surface area contributed by atoms with Crippen molar-refractivity contribution in [1.82, 2.24) is 4.90 Å². The van der Waals surface area contributed by atoms with Gasteiger partial charge < -0.3 is 9.64 Å². The number of hydrogen-bond acceptors (Lipinski definition) is 4. The van der Waals surface area contributed by atoms with Crippen molar-refractivity contribution < 1.29 is 19.1 Å². The van der Waals surface area contributed by atoms with Crippen molar-refractivity contribution in [3.05, 3.63) is 71.8 Å². The number of ether oxygens (including phenoxy) is 1. The van der Waals surface area contributed by atoms with Gasteiger partial charge in [0.15, 0.2) is 12.4 Å². The van der Waals surface area contributed by atoms with Crippen molar-refractivity contribution in [1.29, 1.82) is 0 Å². The van der Waals surface area contributed by atoms with Gasteiger partial charge in [-0.3, -0.25) is 14.4 Å². The first kappa shape index (κ1) is 16.9. The van der Waals surface area contributed by atoms with Gasteiger partial charge in [-0.1, -0.05) is 60.7 Å². The molecule has 25 heavy (non-hydrogen) atoms. The van der Waals surface area contributed by atoms with Gasteiger partial charge in [-0.25, -0.2) is 0 Å². The van der Waals surface area contributed by atoms with Gasteiger partial charge in [0.1, 0.15) is 0 Å². The van der Waals surface area contributed by atoms with E-state index in [-0.39, 0.29) is 24.7 Å². The van der Waals surface area contributed by atoms with Crippen molar-refractivity contribution in [3.8, 4) is 0 Å². The van der Waals surface area contributed by atoms with Crippen LogP contribution in [-0.4, -0.2) is 35.7 Å². The standard InChI is InChI=1S/C20H19NO4/c22-18(16-9-5-2-6-10-16)14-25-20(24)17-11-19(23)21(13-17)12-15-7-3-1-4-8-15/h1-10,17H,11-14H2/t17-/m1/s1. The Morgan fingerprint density at radius 1 is 1.00 bits per heavy atom. The molecule has 2 aromatic rings. The smallest absolute Gasteiger partial charge is 0.311 e. The fourth-order valence-corrected chi connectivity index (χ4v) is 2.85. The number of carbonyl (C=O) groups is 3. The van der Waals surface area contributed by atoms with Crippen LogP contribution in [0.5, 0.6) is 0 Å². The third kappa shape index (κ3) is 4.32. The van der Waals surface area contributed by atoms with Crippen LogP contribution in [0, 0.1) is 5.92 Å². The van der Waals surface area contributed by atoms with Gasteiger partial charge in [0.25, 0.3) is 0 Å². The summed E-state index contributed by atoms with van der Waals surface area (Å²) in [4.78, 5) is 37.9. The number of amides is 1. The van der Waals surface area contributed by atoms with Crippen molar-refractivity contribution >= 4 is 17.7 Å². The lowest BCUT2D eigenvalue weighted by Crippen LogP contribution is -2.27. The molecule has 0 bridgehead atoms. The highest BCUT2D eigenvalue weighted by Gasteiger charge is 2.35. The fraction of sp³-hybridized carbons (Fsp3) is 0.250. The number of hydrogen-bond donors (Lipinski definition) is 0. The lowest BCUT2D eigenvalue weighted by atomic mass is 10.1. The van der Waals surface area contributed by atoms with Gasteiger partial charge in [0.05, 0.1) is 5.92 Å². The third-order valence-corrected chi connectivity index (χ3v) is 4.21. The van der Waals surface area contributed by atoms with Crippen molar-refractivity contribution in [2.45, 2.75) is 13.0 Å². The van der Waals surface area contributed by atoms with Crippen LogP contribution in [0.15, 0.2) is 60.7 Å². The number of carbonyl (C=O) groups excluding carboxylic acids is 3. The summed E-state index contributed by atoms with van der Waals surface area (Å²) in [6.07, 6.45) is 0.130. The average Bonchev–Trinajstić information content (AvgIpc) is 3.01. The number of rotatable bonds is 6. The minimum Gasteiger partial charge on any atom is -0.457 e. The molecule has 3 rings (SSSR count). The maximum atomic E-state index is 12.2. The maximum Gasteiger partial charge on any atom is 0.311 e. The number of Topliss-reactive ketones (excluding diaryl/α,β-unsaturated/α-hetero) is 1. The van der Waals surface area contributed by atoms with E-state index in [4.69, 9.17) is 4.74 Å². The molecule has 128 valence electrons. The molecule has 0 radical (unpaired) electrons. The monoisotopic (exact) mass is 337 g/mol. The van der Waals surface area contributed by atoms with E-state index in [1.807, 2.05) is 36.4 Å². The van der Waals surface area contributed by atoms with Crippen molar-refractivity contribution in [2.75, 3.05) is 13.2 Å². The average molecular weight is 337 g/mol. The summed E-state index contributed by atoms with van der Waals surface area (Å²) in [7, 11) is 0. The molecular weight excluding hydrogens is 318 g/mol. The second-order valence-electron chi connectivity index (χ2n) is 6.06. The number of nitrogens with zero attached hydrogens (tertiary/aromatic N) is 1. The number of esters is 1. The number of ketones is 1. The van der Waals surface area contributed by atoms with Gasteiger partial charge in [-0.2, -0.15) is 0 Å². The molecule has 0 aromatic heterocycles. The van der Waals surface area contributed by atoms with E-state index in [1.165, 1.54) is 0 Å². The SMILES string of the molecule is O=C(COC(=O)[C@@H]1CC(=O)N(Cc2ccccc2)C1)c1ccccc1. The zero-order valence-electron chi connectivity index (χ0n) is 13.8. The molecule has 1 fully saturated rings. The largest absolute Gasteiger partial charge is 0.457 e. The van der Waals surface area contributed by atoms with Crippen LogP contribution in [-0.2, 0) is 20.9 Å². The summed E-state index contributed by atoms with van der Waals surface area (Å²) in [6, 6.07) is 18.3. The Morgan fingerprint density at radius 3 is 2.32 bits per heavy atom. The predicted molar refractivity (Wildman–Crippen MR) is 91.7 cm³/mol. The van der Waals surface area contributed by atoms with E-state index < -0.39 is 11.9 Å². The zero-order valence-corrected chi connectivity index (χ0v) is 13.8. The van der Waals surface area contributed by atoms with E-state index in [9.17, 15) is 14.4 Å². The van der Waals surface area contributed by atoms with Crippen molar-refractivity contribution in [2.24, 2.45) is 5.92 Å². The molecule has 0 N–H and O–H groups in total. The molecule has 5 heteroatoms. The molecule has 1 atom stereocenters. The summed E-state index contributed by atoms with van der Waals surface area (Å²) in [5.74, 6) is -1.33. The molecule has 0 aliphatic carbocycles. The second kappa shape index (κ2) is 7.75. The van der Waals surface area contributed by atoms with Crippen LogP contribution in [0.25, 0.3) is 0 Å². The van der Waals surface area contributed by atoms with Crippen molar-refractivity contribution in [3.63, 3.8) is 0 Å². The normalized spacial score (nSPS) is 16.7. The fourth-order valence-electron chi connectivity index (χ4n) is 2.85. The summed E-state index contributed by atoms with van der Waals surface area (Å²) in [6.45, 7) is 0.505. The zero-order chi connectivity index (χ0) is 17.6. The molecule has 0 saturated carbocycles. The highest BCUT2D eigenvalue weighted by atomic mass is 16.5. The first-order valence-electron chi connectivity index (χ1n) is 8.20. The molecule has 0 spiro atoms. The minimum absolute atomic E-state index is 0.0693. The summed E-state index contributed by atoms with van der Waals surface area (Å²) in [5.41, 5.74) is 1.52. The summed E-state index contributed by atoms with van der Waals surface area (Å²) < 4.78 is 5.12. The minimum atomic E-state index is -0.514. The molecule has 2 aromatic carbocycles. The summed E-state index contributed by atoms with van der Waals surface area (Å²) in [5, 5.41) is 0. The Labute approximate surface area is 146 Å². The Hall–Kier alpha value is -2.95. The van der Waals surface area contributed by atoms with Crippen LogP contribution in [0.2, 0.25) is 0 Å². The van der Waals surface area contributed by atoms with Gasteiger partial charge in [0, 0.05) is 25.1 Å². The van der Waals surface area contributed by atoms with Crippen LogP contribution >= 0.6 is 0 Å². The van der Waals surface area contributed by atoms with E-state index in [1.54, 1.807) is 29.2 Å². The van der Waals surface area contributed by atoms with E-state index >= 15 is 0 Å². The molecular formula is C20H19NO4. The van der Waals surface area contributed by atoms with Crippen LogP contribution in [0.4, 0.5) is 0 Å². The van der Waals surface area contributed by atoms with Crippen LogP contribution < -0.4 is 0 Å². The first-order chi connectivity index (χ1) is 12.1. The predicted octanol–water partition coefficient (Wildman–Crippen LogP) is 2.46. The lowest BCUT2D eigenvalue weighted by molar-refractivity contribution is -0.147. The number of benzene rings is 2. The van der Waals surface area contributed by atoms with Gasteiger partial charge in [0.2, 0.25) is 5.91 Å². The van der Waals surface area contributed by atoms with E-state index in [2.05, 4.69) is 0 Å². The topological polar surface area (TPSA) is 63.7 Å².